The average Bonchev–Trinajstić information content (AvgIpc) is 2.18. The predicted molar refractivity (Wildman–Crippen MR) is 59.6 cm³/mol. The molecule has 15 N–H and O–H groups in total. The molecule has 0 aliphatic rings. The third-order valence-electron chi connectivity index (χ3n) is 0.524. The number of aliphatic carboxylic acids is 6. The predicted octanol–water partition coefficient (Wildman–Crippen LogP) is -11.5. The summed E-state index contributed by atoms with van der Waals surface area (Å²) >= 11 is 0. The summed E-state index contributed by atoms with van der Waals surface area (Å²) < 4.78 is 0. The Kier molecular flexibility index (Phi) is 100. The monoisotopic (exact) mass is 613 g/mol. The van der Waals surface area contributed by atoms with Gasteiger partial charge in [0.15, 0.2) is 5.97 Å². The van der Waals surface area contributed by atoms with Crippen LogP contribution in [0.15, 0.2) is 0 Å². The number of carbonyl (C=O) groups excluding carboxylic acids is 3. The Hall–Kier alpha value is -2.37. The van der Waals surface area contributed by atoms with Crippen LogP contribution in [0.3, 0.4) is 0 Å². The van der Waals surface area contributed by atoms with Crippen molar-refractivity contribution in [2.45, 2.75) is 0 Å². The zero-order valence-corrected chi connectivity index (χ0v) is 15.7. The molecule has 0 aliphatic heterocycles. The number of carbonyl (C=O) groups is 6. The van der Waals surface area contributed by atoms with Crippen LogP contribution in [0.25, 0.3) is 0 Å². The molecule has 0 atom stereocenters. The molecule has 0 aromatic rings. The van der Waals surface area contributed by atoms with Crippen molar-refractivity contribution in [1.82, 2.24) is 0 Å². The van der Waals surface area contributed by atoms with Gasteiger partial charge in [0.05, 0.1) is 11.9 Å². The fraction of sp³-hybridized carbons (Fsp3) is 0. The van der Waals surface area contributed by atoms with Crippen molar-refractivity contribution in [1.29, 1.82) is 0 Å². The maximum atomic E-state index is 9.10. The van der Waals surface area contributed by atoms with Gasteiger partial charge in [-0.1, -0.05) is 0 Å². The summed E-state index contributed by atoms with van der Waals surface area (Å²) in [6, 6.07) is 0. The molecule has 1 radical (unpaired) electrons. The van der Waals surface area contributed by atoms with Crippen molar-refractivity contribution >= 4 is 35.8 Å². The molecule has 151 valence electrons. The van der Waals surface area contributed by atoms with Gasteiger partial charge in [-0.2, -0.15) is 0 Å². The first-order valence-corrected chi connectivity index (χ1v) is 3.26. The Morgan fingerprint density at radius 3 is 0.560 bits per heavy atom. The number of hydrogen-bond donors (Lipinski definition) is 3. The summed E-state index contributed by atoms with van der Waals surface area (Å²) in [7, 11) is 0. The molecule has 0 aromatic heterocycles. The van der Waals surface area contributed by atoms with E-state index in [0.717, 1.165) is 0 Å². The van der Waals surface area contributed by atoms with Gasteiger partial charge in [0.1, 0.15) is 0 Å². The second-order valence-corrected chi connectivity index (χ2v) is 1.78. The summed E-state index contributed by atoms with van der Waals surface area (Å²) in [5.74, 6) is -12.0. The van der Waals surface area contributed by atoms with Crippen molar-refractivity contribution < 1.29 is 123 Å². The van der Waals surface area contributed by atoms with Crippen LogP contribution in [0.2, 0.25) is 0 Å². The molecule has 0 saturated heterocycles. The van der Waals surface area contributed by atoms with Gasteiger partial charge in [-0.05, 0) is 0 Å². The van der Waals surface area contributed by atoms with E-state index in [-0.39, 0.29) is 64.0 Å². The van der Waals surface area contributed by atoms with Crippen LogP contribution in [0.5, 0.6) is 0 Å². The Bertz CT molecular complexity index is 281. The van der Waals surface area contributed by atoms with E-state index in [1.165, 1.54) is 0 Å². The number of carboxylic acid groups (broad SMARTS) is 6. The van der Waals surface area contributed by atoms with Crippen LogP contribution < -0.4 is 15.3 Å². The molecule has 0 bridgehead atoms. The van der Waals surface area contributed by atoms with Crippen LogP contribution in [0.4, 0.5) is 0 Å². The molecular formula is C6H15O18U. The maximum absolute atomic E-state index is 9.10. The minimum atomic E-state index is -2.19. The Morgan fingerprint density at radius 2 is 0.560 bits per heavy atom. The van der Waals surface area contributed by atoms with Gasteiger partial charge in [-0.25, -0.2) is 14.4 Å². The molecule has 0 fully saturated rings. The SMILES string of the molecule is O.O.O.O.O.O.O=C(O)C(=O)O.O=C([O-])C(=O)O.O=C([O-])C(=O)[O-].[U+3]. The first-order valence-electron chi connectivity index (χ1n) is 3.26. The smallest absolute Gasteiger partial charge is 0.543 e. The molecule has 0 rings (SSSR count). The second kappa shape index (κ2) is 37.7. The van der Waals surface area contributed by atoms with Gasteiger partial charge < -0.3 is 77.9 Å². The zero-order valence-electron chi connectivity index (χ0n) is 11.5. The Morgan fingerprint density at radius 1 is 0.440 bits per heavy atom. The molecule has 0 unspecified atom stereocenters. The van der Waals surface area contributed by atoms with E-state index in [2.05, 4.69) is 0 Å². The third kappa shape index (κ3) is 89.9. The topological polar surface area (TPSA) is 421 Å². The van der Waals surface area contributed by atoms with Gasteiger partial charge in [0.2, 0.25) is 0 Å². The van der Waals surface area contributed by atoms with Gasteiger partial charge >= 0.3 is 49.0 Å². The minimum absolute atomic E-state index is 0. The van der Waals surface area contributed by atoms with Crippen LogP contribution >= 0.6 is 0 Å². The van der Waals surface area contributed by atoms with E-state index in [0.29, 0.717) is 0 Å². The zero-order chi connectivity index (χ0) is 15.5. The first kappa shape index (κ1) is 66.4. The fourth-order valence-corrected chi connectivity index (χ4v) is 0. The standard InChI is InChI=1S/3C2H2O4.6H2O.U/c3*3-1(4)2(5)6;;;;;;;/h3*(H,3,4)(H,5,6);6*1H2;/q;;;;;;;;;+3/p-3. The van der Waals surface area contributed by atoms with E-state index in [1.807, 2.05) is 0 Å². The second-order valence-electron chi connectivity index (χ2n) is 1.78. The summed E-state index contributed by atoms with van der Waals surface area (Å²) in [5, 5.41) is 49.0. The molecular weight excluding hydrogens is 598 g/mol. The van der Waals surface area contributed by atoms with E-state index in [4.69, 9.17) is 59.4 Å². The maximum Gasteiger partial charge on any atom is 3.00 e. The van der Waals surface area contributed by atoms with Crippen LogP contribution in [-0.2, 0) is 28.8 Å². The summed E-state index contributed by atoms with van der Waals surface area (Å²) in [5.41, 5.74) is 0. The van der Waals surface area contributed by atoms with Crippen molar-refractivity contribution in [3.63, 3.8) is 0 Å². The molecule has 0 aromatic carbocycles. The molecule has 25 heavy (non-hydrogen) atoms. The average molecular weight is 613 g/mol. The summed E-state index contributed by atoms with van der Waals surface area (Å²) in [6.07, 6.45) is 0. The number of hydrogen-bond acceptors (Lipinski definition) is 9. The molecule has 0 heterocycles. The van der Waals surface area contributed by atoms with Crippen molar-refractivity contribution in [3.05, 3.63) is 0 Å². The van der Waals surface area contributed by atoms with Crippen LogP contribution in [0.1, 0.15) is 0 Å². The van der Waals surface area contributed by atoms with E-state index in [9.17, 15) is 0 Å². The summed E-state index contributed by atoms with van der Waals surface area (Å²) in [4.78, 5) is 54.1. The summed E-state index contributed by atoms with van der Waals surface area (Å²) in [6.45, 7) is 0. The molecule has 18 nitrogen and oxygen atoms in total. The first-order chi connectivity index (χ1) is 7.93. The van der Waals surface area contributed by atoms with E-state index < -0.39 is 35.8 Å². The third-order valence-corrected chi connectivity index (χ3v) is 0.524. The van der Waals surface area contributed by atoms with E-state index >= 15 is 0 Å². The molecule has 0 saturated carbocycles. The van der Waals surface area contributed by atoms with Crippen LogP contribution in [-0.4, -0.2) is 84.0 Å². The molecule has 19 heteroatoms. The largest absolute Gasteiger partial charge is 3.00 e. The Labute approximate surface area is 159 Å². The fourth-order valence-electron chi connectivity index (χ4n) is 0. The molecule has 0 aliphatic carbocycles. The number of carboxylic acids is 6. The van der Waals surface area contributed by atoms with Crippen LogP contribution in [0, 0.1) is 31.1 Å². The van der Waals surface area contributed by atoms with Gasteiger partial charge in [0.25, 0.3) is 0 Å². The number of rotatable bonds is 0. The van der Waals surface area contributed by atoms with Gasteiger partial charge in [-0.15, -0.1) is 0 Å². The normalized spacial score (nSPS) is 5.28. The quantitative estimate of drug-likeness (QED) is 0.214. The molecule has 0 spiro atoms. The van der Waals surface area contributed by atoms with Crippen molar-refractivity contribution in [2.24, 2.45) is 0 Å². The van der Waals surface area contributed by atoms with Gasteiger partial charge in [-0.3, -0.25) is 0 Å². The van der Waals surface area contributed by atoms with E-state index in [1.54, 1.807) is 0 Å². The Balaban J connectivity index is -0.0000000148. The molecule has 0 amide bonds. The minimum Gasteiger partial charge on any atom is -0.543 e. The van der Waals surface area contributed by atoms with Crippen molar-refractivity contribution in [3.8, 4) is 0 Å². The van der Waals surface area contributed by atoms with Gasteiger partial charge in [0, 0.05) is 0 Å². The van der Waals surface area contributed by atoms with Crippen molar-refractivity contribution in [2.75, 3.05) is 0 Å².